The van der Waals surface area contributed by atoms with Crippen LogP contribution in [-0.4, -0.2) is 55.0 Å². The average molecular weight is 271 g/mol. The third-order valence-electron chi connectivity index (χ3n) is 3.00. The van der Waals surface area contributed by atoms with Crippen LogP contribution in [0.4, 0.5) is 0 Å². The van der Waals surface area contributed by atoms with E-state index in [0.717, 1.165) is 24.5 Å². The summed E-state index contributed by atoms with van der Waals surface area (Å²) in [6, 6.07) is 0. The van der Waals surface area contributed by atoms with E-state index in [9.17, 15) is 0 Å². The Morgan fingerprint density at radius 2 is 2.05 bits per heavy atom. The van der Waals surface area contributed by atoms with Crippen LogP contribution >= 0.6 is 0 Å². The molecule has 2 N–H and O–H groups in total. The minimum Gasteiger partial charge on any atom is -0.394 e. The van der Waals surface area contributed by atoms with Crippen LogP contribution in [-0.2, 0) is 22.6 Å². The number of hydrogen-bond donors (Lipinski definition) is 2. The summed E-state index contributed by atoms with van der Waals surface area (Å²) in [6.07, 6.45) is 0. The van der Waals surface area contributed by atoms with Gasteiger partial charge in [0.05, 0.1) is 38.7 Å². The molecule has 0 fully saturated rings. The van der Waals surface area contributed by atoms with Gasteiger partial charge in [-0.25, -0.2) is 0 Å². The van der Waals surface area contributed by atoms with Gasteiger partial charge in [0.2, 0.25) is 0 Å². The van der Waals surface area contributed by atoms with Gasteiger partial charge in [0.25, 0.3) is 0 Å². The summed E-state index contributed by atoms with van der Waals surface area (Å²) in [4.78, 5) is 0. The van der Waals surface area contributed by atoms with Crippen LogP contribution in [0.2, 0.25) is 0 Å². The molecule has 0 aliphatic rings. The molecule has 6 nitrogen and oxygen atoms in total. The quantitative estimate of drug-likeness (QED) is 0.597. The number of aliphatic hydroxyl groups excluding tert-OH is 1. The summed E-state index contributed by atoms with van der Waals surface area (Å²) in [6.45, 7) is 8.16. The molecular formula is C13H25N3O3. The van der Waals surface area contributed by atoms with E-state index in [-0.39, 0.29) is 6.61 Å². The van der Waals surface area contributed by atoms with Gasteiger partial charge in [0.15, 0.2) is 0 Å². The Morgan fingerprint density at radius 1 is 1.26 bits per heavy atom. The van der Waals surface area contributed by atoms with E-state index in [0.29, 0.717) is 26.4 Å². The van der Waals surface area contributed by atoms with Crippen LogP contribution in [0.3, 0.4) is 0 Å². The van der Waals surface area contributed by atoms with Gasteiger partial charge < -0.3 is 19.9 Å². The largest absolute Gasteiger partial charge is 0.394 e. The highest BCUT2D eigenvalue weighted by atomic mass is 16.5. The minimum atomic E-state index is 0.0613. The second kappa shape index (κ2) is 9.03. The Bertz CT molecular complexity index is 366. The zero-order valence-electron chi connectivity index (χ0n) is 12.1. The first kappa shape index (κ1) is 16.1. The molecule has 0 aliphatic carbocycles. The van der Waals surface area contributed by atoms with Gasteiger partial charge in [-0.1, -0.05) is 0 Å². The number of ether oxygens (including phenoxy) is 2. The smallest absolute Gasteiger partial charge is 0.0698 e. The Labute approximate surface area is 114 Å². The highest BCUT2D eigenvalue weighted by Crippen LogP contribution is 2.12. The summed E-state index contributed by atoms with van der Waals surface area (Å²) in [5.74, 6) is 0. The molecule has 1 rings (SSSR count). The summed E-state index contributed by atoms with van der Waals surface area (Å²) in [5, 5.41) is 16.5. The standard InChI is InChI=1S/C13H25N3O3/c1-11-13(10-14-4-7-18-3)12(2)16(15-11)5-8-19-9-6-17/h14,17H,4-10H2,1-3H3. The van der Waals surface area contributed by atoms with Gasteiger partial charge in [-0.05, 0) is 13.8 Å². The zero-order chi connectivity index (χ0) is 14.1. The second-order valence-corrected chi connectivity index (χ2v) is 4.38. The zero-order valence-corrected chi connectivity index (χ0v) is 12.1. The van der Waals surface area contributed by atoms with Crippen LogP contribution in [0, 0.1) is 13.8 Å². The van der Waals surface area contributed by atoms with Crippen molar-refractivity contribution < 1.29 is 14.6 Å². The number of nitrogens with zero attached hydrogens (tertiary/aromatic N) is 2. The lowest BCUT2D eigenvalue weighted by atomic mass is 10.2. The molecule has 0 amide bonds. The van der Waals surface area contributed by atoms with Crippen LogP contribution in [0.1, 0.15) is 17.0 Å². The van der Waals surface area contributed by atoms with E-state index in [4.69, 9.17) is 14.6 Å². The topological polar surface area (TPSA) is 68.5 Å². The number of nitrogens with one attached hydrogen (secondary N) is 1. The molecule has 0 saturated carbocycles. The van der Waals surface area contributed by atoms with E-state index in [1.807, 2.05) is 11.6 Å². The van der Waals surface area contributed by atoms with Crippen LogP contribution in [0.25, 0.3) is 0 Å². The summed E-state index contributed by atoms with van der Waals surface area (Å²) in [5.41, 5.74) is 3.44. The number of aromatic nitrogens is 2. The van der Waals surface area contributed by atoms with E-state index in [2.05, 4.69) is 17.3 Å². The fraction of sp³-hybridized carbons (Fsp3) is 0.769. The van der Waals surface area contributed by atoms with Crippen LogP contribution in [0.5, 0.6) is 0 Å². The van der Waals surface area contributed by atoms with E-state index < -0.39 is 0 Å². The van der Waals surface area contributed by atoms with Gasteiger partial charge in [-0.15, -0.1) is 0 Å². The molecule has 0 atom stereocenters. The summed E-state index contributed by atoms with van der Waals surface area (Å²) in [7, 11) is 1.70. The maximum absolute atomic E-state index is 8.64. The molecule has 1 heterocycles. The van der Waals surface area contributed by atoms with Gasteiger partial charge in [-0.2, -0.15) is 5.10 Å². The SMILES string of the molecule is COCCNCc1c(C)nn(CCOCCO)c1C. The fourth-order valence-corrected chi connectivity index (χ4v) is 1.91. The number of aliphatic hydroxyl groups is 1. The minimum absolute atomic E-state index is 0.0613. The molecule has 0 unspecified atom stereocenters. The monoisotopic (exact) mass is 271 g/mol. The second-order valence-electron chi connectivity index (χ2n) is 4.38. The number of methoxy groups -OCH3 is 1. The van der Waals surface area contributed by atoms with Gasteiger partial charge in [-0.3, -0.25) is 4.68 Å². The summed E-state index contributed by atoms with van der Waals surface area (Å²) >= 11 is 0. The molecule has 0 spiro atoms. The van der Waals surface area contributed by atoms with Gasteiger partial charge in [0.1, 0.15) is 0 Å². The van der Waals surface area contributed by atoms with Gasteiger partial charge >= 0.3 is 0 Å². The molecule has 0 aliphatic heterocycles. The highest BCUT2D eigenvalue weighted by molar-refractivity contribution is 5.24. The van der Waals surface area contributed by atoms with Crippen molar-refractivity contribution in [1.29, 1.82) is 0 Å². The average Bonchev–Trinajstić information content (AvgIpc) is 2.67. The Morgan fingerprint density at radius 3 is 2.74 bits per heavy atom. The molecule has 19 heavy (non-hydrogen) atoms. The highest BCUT2D eigenvalue weighted by Gasteiger charge is 2.10. The molecule has 1 aromatic rings. The predicted octanol–water partition coefficient (Wildman–Crippen LogP) is 0.245. The molecular weight excluding hydrogens is 246 g/mol. The molecule has 0 bridgehead atoms. The van der Waals surface area contributed by atoms with Gasteiger partial charge in [0, 0.05) is 31.5 Å². The third kappa shape index (κ3) is 5.28. The molecule has 110 valence electrons. The first-order valence-corrected chi connectivity index (χ1v) is 6.61. The maximum Gasteiger partial charge on any atom is 0.0698 e. The first-order valence-electron chi connectivity index (χ1n) is 6.61. The molecule has 0 radical (unpaired) electrons. The third-order valence-corrected chi connectivity index (χ3v) is 3.00. The van der Waals surface area contributed by atoms with E-state index >= 15 is 0 Å². The van der Waals surface area contributed by atoms with Crippen molar-refractivity contribution in [2.24, 2.45) is 0 Å². The number of aryl methyl sites for hydroxylation is 1. The van der Waals surface area contributed by atoms with Crippen molar-refractivity contribution in [3.8, 4) is 0 Å². The fourth-order valence-electron chi connectivity index (χ4n) is 1.91. The number of hydrogen-bond acceptors (Lipinski definition) is 5. The lowest BCUT2D eigenvalue weighted by Gasteiger charge is -2.07. The Kier molecular flexibility index (Phi) is 7.66. The van der Waals surface area contributed by atoms with Crippen LogP contribution in [0.15, 0.2) is 0 Å². The molecule has 6 heteroatoms. The Hall–Kier alpha value is -0.950. The Balaban J connectivity index is 2.46. The van der Waals surface area contributed by atoms with Crippen molar-refractivity contribution in [3.63, 3.8) is 0 Å². The predicted molar refractivity (Wildman–Crippen MR) is 73.2 cm³/mol. The molecule has 0 aromatic carbocycles. The number of rotatable bonds is 10. The lowest BCUT2D eigenvalue weighted by Crippen LogP contribution is -2.19. The molecule has 0 saturated heterocycles. The summed E-state index contributed by atoms with van der Waals surface area (Å²) < 4.78 is 12.2. The lowest BCUT2D eigenvalue weighted by molar-refractivity contribution is 0.0850. The van der Waals surface area contributed by atoms with E-state index in [1.54, 1.807) is 7.11 Å². The maximum atomic E-state index is 8.64. The van der Waals surface area contributed by atoms with Crippen LogP contribution < -0.4 is 5.32 Å². The van der Waals surface area contributed by atoms with Crippen molar-refractivity contribution in [2.45, 2.75) is 26.9 Å². The van der Waals surface area contributed by atoms with Crippen molar-refractivity contribution >= 4 is 0 Å². The van der Waals surface area contributed by atoms with Crippen molar-refractivity contribution in [2.75, 3.05) is 40.1 Å². The first-order chi connectivity index (χ1) is 9.20. The van der Waals surface area contributed by atoms with E-state index in [1.165, 1.54) is 5.56 Å². The molecule has 1 aromatic heterocycles. The van der Waals surface area contributed by atoms with Crippen molar-refractivity contribution in [3.05, 3.63) is 17.0 Å². The van der Waals surface area contributed by atoms with Crippen molar-refractivity contribution in [1.82, 2.24) is 15.1 Å². The normalized spacial score (nSPS) is 11.2.